The topological polar surface area (TPSA) is 111 Å². The van der Waals surface area contributed by atoms with E-state index in [0.717, 1.165) is 6.42 Å². The van der Waals surface area contributed by atoms with E-state index in [0.29, 0.717) is 23.1 Å². The minimum Gasteiger partial charge on any atom is -0.382 e. The number of anilines is 2. The average Bonchev–Trinajstić information content (AvgIpc) is 3.03. The maximum absolute atomic E-state index is 12.0. The van der Waals surface area contributed by atoms with Crippen LogP contribution in [0.2, 0.25) is 0 Å². The Hall–Kier alpha value is -2.16. The highest BCUT2D eigenvalue weighted by Crippen LogP contribution is 2.25. The largest absolute Gasteiger partial charge is 0.382 e. The molecule has 0 unspecified atom stereocenters. The fourth-order valence-corrected chi connectivity index (χ4v) is 2.63. The van der Waals surface area contributed by atoms with Crippen molar-refractivity contribution < 1.29 is 4.79 Å². The van der Waals surface area contributed by atoms with Gasteiger partial charge in [-0.05, 0) is 20.3 Å². The van der Waals surface area contributed by atoms with Gasteiger partial charge in [-0.3, -0.25) is 9.48 Å². The number of thiazole rings is 1. The molecule has 2 heterocycles. The molecule has 0 bridgehead atoms. The van der Waals surface area contributed by atoms with Crippen LogP contribution in [0.15, 0.2) is 12.4 Å². The first-order chi connectivity index (χ1) is 10.1. The number of nitrogens with one attached hydrogen (secondary N) is 2. The van der Waals surface area contributed by atoms with Crippen molar-refractivity contribution in [3.8, 4) is 0 Å². The Morgan fingerprint density at radius 2 is 2.33 bits per heavy atom. The molecule has 2 aromatic heterocycles. The molecule has 0 aromatic carbocycles. The Kier molecular flexibility index (Phi) is 5.09. The molecule has 0 aliphatic heterocycles. The predicted octanol–water partition coefficient (Wildman–Crippen LogP) is 0.957. The van der Waals surface area contributed by atoms with Gasteiger partial charge in [-0.15, -0.1) is 5.10 Å². The Morgan fingerprint density at radius 3 is 3.00 bits per heavy atom. The summed E-state index contributed by atoms with van der Waals surface area (Å²) < 4.78 is 1.72. The molecule has 4 N–H and O–H groups in total. The molecular weight excluding hydrogens is 290 g/mol. The Morgan fingerprint density at radius 1 is 1.52 bits per heavy atom. The molecule has 114 valence electrons. The Bertz CT molecular complexity index is 578. The van der Waals surface area contributed by atoms with Crippen LogP contribution in [0.25, 0.3) is 0 Å². The van der Waals surface area contributed by atoms with Gasteiger partial charge in [-0.1, -0.05) is 16.6 Å². The number of nitrogens with zero attached hydrogens (tertiary/aromatic N) is 4. The van der Waals surface area contributed by atoms with Crippen LogP contribution < -0.4 is 16.4 Å². The third kappa shape index (κ3) is 4.42. The van der Waals surface area contributed by atoms with E-state index >= 15 is 0 Å². The summed E-state index contributed by atoms with van der Waals surface area (Å²) in [7, 11) is 0. The normalized spacial score (nSPS) is 10.8. The van der Waals surface area contributed by atoms with E-state index in [-0.39, 0.29) is 17.8 Å². The number of amides is 1. The van der Waals surface area contributed by atoms with Crippen molar-refractivity contribution in [2.24, 2.45) is 0 Å². The molecule has 21 heavy (non-hydrogen) atoms. The summed E-state index contributed by atoms with van der Waals surface area (Å²) >= 11 is 1.26. The van der Waals surface area contributed by atoms with Crippen molar-refractivity contribution in [2.75, 3.05) is 17.6 Å². The number of hydrogen-bond acceptors (Lipinski definition) is 7. The van der Waals surface area contributed by atoms with Crippen molar-refractivity contribution in [3.05, 3.63) is 17.3 Å². The molecule has 0 fully saturated rings. The summed E-state index contributed by atoms with van der Waals surface area (Å²) in [5, 5.41) is 14.2. The van der Waals surface area contributed by atoms with Crippen LogP contribution in [0.1, 0.15) is 29.9 Å². The summed E-state index contributed by atoms with van der Waals surface area (Å²) in [6.45, 7) is 5.25. The quantitative estimate of drug-likeness (QED) is 0.657. The summed E-state index contributed by atoms with van der Waals surface area (Å²) in [6, 6.07) is 0.245. The molecule has 0 aliphatic rings. The van der Waals surface area contributed by atoms with E-state index in [1.165, 1.54) is 11.3 Å². The lowest BCUT2D eigenvalue weighted by atomic mass is 10.4. The second-order valence-electron chi connectivity index (χ2n) is 4.81. The number of carbonyl (C=O) groups excluding carboxylic acids is 1. The standard InChI is InChI=1S/C12H19N7OS/c1-8(2)16-12-17-10(13)9(21-12)11(20)14-4-3-6-19-7-5-15-18-19/h5,7-8H,3-4,6,13H2,1-2H3,(H,14,20)(H,16,17). The van der Waals surface area contributed by atoms with E-state index in [4.69, 9.17) is 5.73 Å². The molecule has 0 atom stereocenters. The van der Waals surface area contributed by atoms with Gasteiger partial charge < -0.3 is 16.4 Å². The second kappa shape index (κ2) is 7.02. The molecule has 0 aliphatic carbocycles. The number of carbonyl (C=O) groups is 1. The summed E-state index contributed by atoms with van der Waals surface area (Å²) in [5.74, 6) is 0.0670. The first kappa shape index (κ1) is 15.2. The third-order valence-electron chi connectivity index (χ3n) is 2.59. The first-order valence-corrected chi connectivity index (χ1v) is 7.53. The number of rotatable bonds is 7. The highest BCUT2D eigenvalue weighted by atomic mass is 32.1. The number of aryl methyl sites for hydroxylation is 1. The van der Waals surface area contributed by atoms with E-state index in [1.807, 2.05) is 13.8 Å². The Balaban J connectivity index is 1.81. The van der Waals surface area contributed by atoms with Gasteiger partial charge in [0.2, 0.25) is 0 Å². The van der Waals surface area contributed by atoms with E-state index in [9.17, 15) is 4.79 Å². The van der Waals surface area contributed by atoms with Crippen LogP contribution in [0, 0.1) is 0 Å². The summed E-state index contributed by atoms with van der Waals surface area (Å²) in [6.07, 6.45) is 4.18. The average molecular weight is 309 g/mol. The SMILES string of the molecule is CC(C)Nc1nc(N)c(C(=O)NCCCn2ccnn2)s1. The summed E-state index contributed by atoms with van der Waals surface area (Å²) in [5.41, 5.74) is 5.78. The van der Waals surface area contributed by atoms with Crippen LogP contribution in [0.5, 0.6) is 0 Å². The molecule has 1 amide bonds. The van der Waals surface area contributed by atoms with Crippen molar-refractivity contribution >= 4 is 28.2 Å². The van der Waals surface area contributed by atoms with Gasteiger partial charge >= 0.3 is 0 Å². The van der Waals surface area contributed by atoms with Crippen molar-refractivity contribution in [1.29, 1.82) is 0 Å². The summed E-state index contributed by atoms with van der Waals surface area (Å²) in [4.78, 5) is 16.6. The zero-order valence-corrected chi connectivity index (χ0v) is 12.9. The van der Waals surface area contributed by atoms with Gasteiger partial charge in [0, 0.05) is 25.3 Å². The van der Waals surface area contributed by atoms with Crippen molar-refractivity contribution in [1.82, 2.24) is 25.3 Å². The lowest BCUT2D eigenvalue weighted by Crippen LogP contribution is -2.25. The molecule has 0 saturated carbocycles. The lowest BCUT2D eigenvalue weighted by Gasteiger charge is -2.04. The van der Waals surface area contributed by atoms with E-state index < -0.39 is 0 Å². The van der Waals surface area contributed by atoms with Crippen LogP contribution in [-0.2, 0) is 6.54 Å². The lowest BCUT2D eigenvalue weighted by molar-refractivity contribution is 0.0957. The maximum atomic E-state index is 12.0. The van der Waals surface area contributed by atoms with Crippen molar-refractivity contribution in [3.63, 3.8) is 0 Å². The molecule has 2 rings (SSSR count). The first-order valence-electron chi connectivity index (χ1n) is 6.71. The van der Waals surface area contributed by atoms with Crippen LogP contribution >= 0.6 is 11.3 Å². The number of nitrogens with two attached hydrogens (primary N) is 1. The minimum atomic E-state index is -0.194. The van der Waals surface area contributed by atoms with Gasteiger partial charge in [0.05, 0.1) is 6.20 Å². The zero-order chi connectivity index (χ0) is 15.2. The van der Waals surface area contributed by atoms with E-state index in [1.54, 1.807) is 17.1 Å². The number of nitrogen functional groups attached to an aromatic ring is 1. The molecule has 0 spiro atoms. The highest BCUT2D eigenvalue weighted by molar-refractivity contribution is 7.18. The molecule has 0 saturated heterocycles. The smallest absolute Gasteiger partial charge is 0.265 e. The Labute approximate surface area is 126 Å². The molecular formula is C12H19N7OS. The van der Waals surface area contributed by atoms with Crippen molar-refractivity contribution in [2.45, 2.75) is 32.9 Å². The van der Waals surface area contributed by atoms with Gasteiger partial charge in [0.15, 0.2) is 5.13 Å². The number of aromatic nitrogens is 4. The molecule has 8 nitrogen and oxygen atoms in total. The van der Waals surface area contributed by atoms with Gasteiger partial charge in [-0.2, -0.15) is 0 Å². The fraction of sp³-hybridized carbons (Fsp3) is 0.500. The zero-order valence-electron chi connectivity index (χ0n) is 12.0. The number of hydrogen-bond donors (Lipinski definition) is 3. The van der Waals surface area contributed by atoms with Gasteiger partial charge in [0.25, 0.3) is 5.91 Å². The monoisotopic (exact) mass is 309 g/mol. The highest BCUT2D eigenvalue weighted by Gasteiger charge is 2.16. The van der Waals surface area contributed by atoms with Crippen LogP contribution in [0.4, 0.5) is 10.9 Å². The second-order valence-corrected chi connectivity index (χ2v) is 5.81. The van der Waals surface area contributed by atoms with Gasteiger partial charge in [-0.25, -0.2) is 4.98 Å². The fourth-order valence-electron chi connectivity index (χ4n) is 1.68. The molecule has 0 radical (unpaired) electrons. The third-order valence-corrected chi connectivity index (χ3v) is 3.59. The van der Waals surface area contributed by atoms with E-state index in [2.05, 4.69) is 25.9 Å². The van der Waals surface area contributed by atoms with Crippen LogP contribution in [0.3, 0.4) is 0 Å². The van der Waals surface area contributed by atoms with Gasteiger partial charge in [0.1, 0.15) is 10.7 Å². The minimum absolute atomic E-state index is 0.194. The molecule has 9 heteroatoms. The predicted molar refractivity (Wildman–Crippen MR) is 82.3 cm³/mol. The molecule has 2 aromatic rings. The van der Waals surface area contributed by atoms with Crippen LogP contribution in [-0.4, -0.2) is 38.5 Å². The maximum Gasteiger partial charge on any atom is 0.265 e.